The average molecular weight is 544 g/mol. The number of carbonyl (C=O) groups is 2. The van der Waals surface area contributed by atoms with E-state index in [0.29, 0.717) is 30.1 Å². The maximum absolute atomic E-state index is 13.7. The van der Waals surface area contributed by atoms with Crippen molar-refractivity contribution < 1.29 is 14.3 Å². The van der Waals surface area contributed by atoms with E-state index < -0.39 is 11.5 Å². The first kappa shape index (κ1) is 26.6. The minimum absolute atomic E-state index is 0.0300. The highest BCUT2D eigenvalue weighted by atomic mass is 35.5. The van der Waals surface area contributed by atoms with E-state index >= 15 is 0 Å². The number of aromatic nitrogens is 4. The van der Waals surface area contributed by atoms with Crippen LogP contribution in [0.15, 0.2) is 78.9 Å². The molecule has 9 heteroatoms. The van der Waals surface area contributed by atoms with E-state index in [4.69, 9.17) is 16.3 Å². The molecule has 2 N–H and O–H groups in total. The van der Waals surface area contributed by atoms with Crippen LogP contribution in [0.1, 0.15) is 55.1 Å². The number of tetrazole rings is 1. The second-order valence-corrected chi connectivity index (χ2v) is 10.4. The smallest absolute Gasteiger partial charge is 0.307 e. The highest BCUT2D eigenvalue weighted by molar-refractivity contribution is 6.33. The molecular formula is C30H30ClN5O3. The number of amides is 1. The minimum atomic E-state index is -0.829. The molecule has 1 amide bonds. The third-order valence-electron chi connectivity index (χ3n) is 7.30. The molecule has 0 unspecified atom stereocenters. The molecule has 0 bridgehead atoms. The molecule has 0 radical (unpaired) electrons. The quantitative estimate of drug-likeness (QED) is 0.251. The number of aromatic amines is 1. The van der Waals surface area contributed by atoms with E-state index in [1.807, 2.05) is 78.9 Å². The summed E-state index contributed by atoms with van der Waals surface area (Å²) in [5.74, 6) is -0.208. The number of hydrogen-bond donors (Lipinski definition) is 2. The number of nitrogens with zero attached hydrogens (tertiary/aromatic N) is 3. The molecule has 3 aromatic carbocycles. The van der Waals surface area contributed by atoms with Crippen LogP contribution in [0.4, 0.5) is 0 Å². The van der Waals surface area contributed by atoms with Crippen molar-refractivity contribution in [2.45, 2.75) is 51.2 Å². The van der Waals surface area contributed by atoms with Gasteiger partial charge in [-0.25, -0.2) is 0 Å². The number of halogens is 1. The summed E-state index contributed by atoms with van der Waals surface area (Å²) in [7, 11) is 0. The van der Waals surface area contributed by atoms with E-state index in [0.717, 1.165) is 35.1 Å². The van der Waals surface area contributed by atoms with Crippen LogP contribution < -0.4 is 5.32 Å². The molecule has 1 atom stereocenters. The zero-order valence-corrected chi connectivity index (χ0v) is 22.2. The van der Waals surface area contributed by atoms with E-state index in [2.05, 4.69) is 25.9 Å². The number of rotatable bonds is 10. The topological polar surface area (TPSA) is 110 Å². The van der Waals surface area contributed by atoms with Crippen molar-refractivity contribution in [3.8, 4) is 11.1 Å². The largest absolute Gasteiger partial charge is 0.461 e. The summed E-state index contributed by atoms with van der Waals surface area (Å²) in [6.07, 6.45) is 3.44. The van der Waals surface area contributed by atoms with Gasteiger partial charge in [-0.2, -0.15) is 5.21 Å². The summed E-state index contributed by atoms with van der Waals surface area (Å²) in [6.45, 7) is 0.183. The Balaban J connectivity index is 1.30. The van der Waals surface area contributed by atoms with Crippen molar-refractivity contribution in [1.29, 1.82) is 0 Å². The fraction of sp³-hybridized carbons (Fsp3) is 0.300. The van der Waals surface area contributed by atoms with Crippen LogP contribution >= 0.6 is 11.6 Å². The zero-order chi connectivity index (χ0) is 27.1. The van der Waals surface area contributed by atoms with Crippen LogP contribution in [0, 0.1) is 5.41 Å². The SMILES string of the molecule is O=C(CC1(C(=O)N[C@@H](Cc2ccc(-c3ccccc3)c(Cl)c2)c2nn[nH]n2)CCCC1)OCc1ccccc1. The molecule has 1 aliphatic rings. The average Bonchev–Trinajstić information content (AvgIpc) is 3.66. The van der Waals surface area contributed by atoms with Gasteiger partial charge in [0.1, 0.15) is 6.61 Å². The van der Waals surface area contributed by atoms with Crippen LogP contribution in [0.25, 0.3) is 11.1 Å². The predicted molar refractivity (Wildman–Crippen MR) is 147 cm³/mol. The van der Waals surface area contributed by atoms with Gasteiger partial charge >= 0.3 is 5.97 Å². The molecule has 8 nitrogen and oxygen atoms in total. The molecule has 1 aromatic heterocycles. The van der Waals surface area contributed by atoms with Gasteiger partial charge in [0.25, 0.3) is 0 Å². The van der Waals surface area contributed by atoms with Crippen LogP contribution in [0.2, 0.25) is 5.02 Å². The Labute approximate surface area is 232 Å². The Kier molecular flexibility index (Phi) is 8.32. The maximum Gasteiger partial charge on any atom is 0.307 e. The number of nitrogens with one attached hydrogen (secondary N) is 2. The molecule has 0 aliphatic heterocycles. The Morgan fingerprint density at radius 1 is 0.974 bits per heavy atom. The molecule has 39 heavy (non-hydrogen) atoms. The molecule has 0 spiro atoms. The Hall–Kier alpha value is -4.04. The molecule has 1 saturated carbocycles. The van der Waals surface area contributed by atoms with E-state index in [9.17, 15) is 9.59 Å². The lowest BCUT2D eigenvalue weighted by molar-refractivity contribution is -0.151. The lowest BCUT2D eigenvalue weighted by Crippen LogP contribution is -2.43. The number of esters is 1. The fourth-order valence-corrected chi connectivity index (χ4v) is 5.52. The Bertz CT molecular complexity index is 1390. The van der Waals surface area contributed by atoms with Gasteiger partial charge in [0, 0.05) is 17.0 Å². The van der Waals surface area contributed by atoms with Gasteiger partial charge in [-0.05, 0) is 35.6 Å². The summed E-state index contributed by atoms with van der Waals surface area (Å²) >= 11 is 6.65. The van der Waals surface area contributed by atoms with Crippen molar-refractivity contribution >= 4 is 23.5 Å². The van der Waals surface area contributed by atoms with Gasteiger partial charge < -0.3 is 10.1 Å². The van der Waals surface area contributed by atoms with Gasteiger partial charge in [0.2, 0.25) is 5.91 Å². The molecule has 1 fully saturated rings. The first-order valence-corrected chi connectivity index (χ1v) is 13.5. The number of H-pyrrole nitrogens is 1. The first-order chi connectivity index (χ1) is 19.0. The Morgan fingerprint density at radius 3 is 2.36 bits per heavy atom. The highest BCUT2D eigenvalue weighted by Crippen LogP contribution is 2.42. The normalized spacial score (nSPS) is 15.0. The van der Waals surface area contributed by atoms with E-state index in [-0.39, 0.29) is 24.9 Å². The molecule has 5 rings (SSSR count). The van der Waals surface area contributed by atoms with Crippen molar-refractivity contribution in [2.75, 3.05) is 0 Å². The van der Waals surface area contributed by atoms with Crippen LogP contribution in [0.5, 0.6) is 0 Å². The highest BCUT2D eigenvalue weighted by Gasteiger charge is 2.44. The zero-order valence-electron chi connectivity index (χ0n) is 21.5. The first-order valence-electron chi connectivity index (χ1n) is 13.1. The van der Waals surface area contributed by atoms with Crippen molar-refractivity contribution in [2.24, 2.45) is 5.41 Å². The maximum atomic E-state index is 13.7. The third-order valence-corrected chi connectivity index (χ3v) is 7.62. The summed E-state index contributed by atoms with van der Waals surface area (Å²) in [5.41, 5.74) is 2.95. The molecule has 200 valence electrons. The second-order valence-electron chi connectivity index (χ2n) is 9.99. The van der Waals surface area contributed by atoms with E-state index in [1.165, 1.54) is 0 Å². The number of carbonyl (C=O) groups excluding carboxylic acids is 2. The summed E-state index contributed by atoms with van der Waals surface area (Å²) < 4.78 is 5.53. The molecular weight excluding hydrogens is 514 g/mol. The van der Waals surface area contributed by atoms with Gasteiger partial charge in [-0.15, -0.1) is 10.2 Å². The third kappa shape index (κ3) is 6.52. The van der Waals surface area contributed by atoms with Crippen molar-refractivity contribution in [1.82, 2.24) is 25.9 Å². The Morgan fingerprint density at radius 2 is 1.69 bits per heavy atom. The lowest BCUT2D eigenvalue weighted by atomic mass is 9.81. The molecule has 1 aliphatic carbocycles. The standard InChI is InChI=1S/C30H30ClN5O3/c31-25-17-22(13-14-24(25)23-11-5-2-6-12-23)18-26(28-33-35-36-34-28)32-29(38)30(15-7-8-16-30)19-27(37)39-20-21-9-3-1-4-10-21/h1-6,9-14,17,26H,7-8,15-16,18-20H2,(H,32,38)(H,33,34,35,36)/t26-/m0/s1. The van der Waals surface area contributed by atoms with Gasteiger partial charge in [0.15, 0.2) is 5.82 Å². The van der Waals surface area contributed by atoms with Gasteiger partial charge in [0.05, 0.1) is 17.9 Å². The monoisotopic (exact) mass is 543 g/mol. The summed E-state index contributed by atoms with van der Waals surface area (Å²) in [5, 5.41) is 18.2. The minimum Gasteiger partial charge on any atom is -0.461 e. The molecule has 1 heterocycles. The number of benzene rings is 3. The van der Waals surface area contributed by atoms with Gasteiger partial charge in [-0.3, -0.25) is 9.59 Å². The van der Waals surface area contributed by atoms with E-state index in [1.54, 1.807) is 0 Å². The number of ether oxygens (including phenoxy) is 1. The lowest BCUT2D eigenvalue weighted by Gasteiger charge is -2.29. The van der Waals surface area contributed by atoms with Crippen molar-refractivity contribution in [3.05, 3.63) is 101 Å². The van der Waals surface area contributed by atoms with Crippen LogP contribution in [0.3, 0.4) is 0 Å². The molecule has 0 saturated heterocycles. The second kappa shape index (κ2) is 12.2. The summed E-state index contributed by atoms with van der Waals surface area (Å²) in [6, 6.07) is 24.7. The van der Waals surface area contributed by atoms with Crippen LogP contribution in [-0.4, -0.2) is 32.5 Å². The van der Waals surface area contributed by atoms with Crippen LogP contribution in [-0.2, 0) is 27.4 Å². The number of hydrogen-bond acceptors (Lipinski definition) is 6. The fourth-order valence-electron chi connectivity index (χ4n) is 5.21. The summed E-state index contributed by atoms with van der Waals surface area (Å²) in [4.78, 5) is 26.6. The molecule has 4 aromatic rings. The predicted octanol–water partition coefficient (Wildman–Crippen LogP) is 5.61. The van der Waals surface area contributed by atoms with Gasteiger partial charge in [-0.1, -0.05) is 102 Å². The van der Waals surface area contributed by atoms with Crippen molar-refractivity contribution in [3.63, 3.8) is 0 Å².